The maximum Gasteiger partial charge on any atom is 0.227 e. The number of hydrogen-bond acceptors (Lipinski definition) is 2. The third kappa shape index (κ3) is 4.25. The number of halogens is 1. The summed E-state index contributed by atoms with van der Waals surface area (Å²) in [6, 6.07) is 18.2. The van der Waals surface area contributed by atoms with Crippen LogP contribution >= 0.6 is 12.4 Å². The van der Waals surface area contributed by atoms with Gasteiger partial charge in [0.15, 0.2) is 0 Å². The van der Waals surface area contributed by atoms with Crippen LogP contribution in [-0.2, 0) is 17.8 Å². The number of nitrogens with two attached hydrogens (primary N) is 1. The van der Waals surface area contributed by atoms with E-state index in [2.05, 4.69) is 12.1 Å². The van der Waals surface area contributed by atoms with Crippen molar-refractivity contribution in [3.63, 3.8) is 0 Å². The fourth-order valence-corrected chi connectivity index (χ4v) is 2.50. The molecule has 0 bridgehead atoms. The van der Waals surface area contributed by atoms with Gasteiger partial charge in [0.2, 0.25) is 5.91 Å². The van der Waals surface area contributed by atoms with Crippen molar-refractivity contribution < 1.29 is 4.79 Å². The molecule has 1 saturated carbocycles. The van der Waals surface area contributed by atoms with Crippen molar-refractivity contribution in [2.75, 3.05) is 5.73 Å². The molecule has 1 aliphatic rings. The number of amides is 1. The van der Waals surface area contributed by atoms with Crippen molar-refractivity contribution in [2.24, 2.45) is 0 Å². The molecule has 22 heavy (non-hydrogen) atoms. The van der Waals surface area contributed by atoms with E-state index in [1.165, 1.54) is 5.56 Å². The molecule has 0 atom stereocenters. The minimum atomic E-state index is 0. The standard InChI is InChI=1S/C18H20N2O.ClH/c19-16-8-6-14(7-9-16)12-18(21)20(17-10-11-17)13-15-4-2-1-3-5-15;/h1-9,17H,10-13,19H2;1H. The fourth-order valence-electron chi connectivity index (χ4n) is 2.50. The van der Waals surface area contributed by atoms with E-state index in [1.807, 2.05) is 47.4 Å². The Morgan fingerprint density at radius 3 is 2.23 bits per heavy atom. The maximum absolute atomic E-state index is 12.6. The van der Waals surface area contributed by atoms with Gasteiger partial charge in [0, 0.05) is 18.3 Å². The molecular weight excluding hydrogens is 296 g/mol. The van der Waals surface area contributed by atoms with Crippen LogP contribution < -0.4 is 5.73 Å². The molecule has 0 unspecified atom stereocenters. The van der Waals surface area contributed by atoms with Crippen LogP contribution in [0.25, 0.3) is 0 Å². The van der Waals surface area contributed by atoms with Crippen LogP contribution in [0.5, 0.6) is 0 Å². The monoisotopic (exact) mass is 316 g/mol. The Morgan fingerprint density at radius 1 is 1.00 bits per heavy atom. The summed E-state index contributed by atoms with van der Waals surface area (Å²) in [6.07, 6.45) is 2.70. The predicted molar refractivity (Wildman–Crippen MR) is 91.8 cm³/mol. The van der Waals surface area contributed by atoms with E-state index in [0.717, 1.165) is 24.1 Å². The van der Waals surface area contributed by atoms with Gasteiger partial charge in [-0.15, -0.1) is 12.4 Å². The lowest BCUT2D eigenvalue weighted by Gasteiger charge is -2.22. The van der Waals surface area contributed by atoms with Gasteiger partial charge in [-0.25, -0.2) is 0 Å². The van der Waals surface area contributed by atoms with E-state index < -0.39 is 0 Å². The summed E-state index contributed by atoms with van der Waals surface area (Å²) in [5, 5.41) is 0. The van der Waals surface area contributed by atoms with Crippen LogP contribution in [0.2, 0.25) is 0 Å². The summed E-state index contributed by atoms with van der Waals surface area (Å²) in [7, 11) is 0. The summed E-state index contributed by atoms with van der Waals surface area (Å²) in [5.74, 6) is 0.200. The Balaban J connectivity index is 0.00000176. The van der Waals surface area contributed by atoms with E-state index in [9.17, 15) is 4.79 Å². The minimum Gasteiger partial charge on any atom is -0.399 e. The first-order valence-electron chi connectivity index (χ1n) is 7.40. The van der Waals surface area contributed by atoms with Crippen LogP contribution in [0.3, 0.4) is 0 Å². The molecule has 0 spiro atoms. The lowest BCUT2D eigenvalue weighted by atomic mass is 10.1. The Morgan fingerprint density at radius 2 is 1.64 bits per heavy atom. The van der Waals surface area contributed by atoms with Crippen molar-refractivity contribution in [1.29, 1.82) is 0 Å². The number of nitrogen functional groups attached to an aromatic ring is 1. The molecule has 116 valence electrons. The predicted octanol–water partition coefficient (Wildman–Crippen LogP) is 3.42. The molecule has 2 N–H and O–H groups in total. The van der Waals surface area contributed by atoms with Gasteiger partial charge in [-0.3, -0.25) is 4.79 Å². The highest BCUT2D eigenvalue weighted by molar-refractivity contribution is 5.85. The van der Waals surface area contributed by atoms with E-state index >= 15 is 0 Å². The molecule has 3 nitrogen and oxygen atoms in total. The van der Waals surface area contributed by atoms with E-state index in [-0.39, 0.29) is 18.3 Å². The fraction of sp³-hybridized carbons (Fsp3) is 0.278. The number of nitrogens with zero attached hydrogens (tertiary/aromatic N) is 1. The largest absolute Gasteiger partial charge is 0.399 e. The van der Waals surface area contributed by atoms with E-state index in [0.29, 0.717) is 19.0 Å². The number of benzene rings is 2. The smallest absolute Gasteiger partial charge is 0.227 e. The first-order chi connectivity index (χ1) is 10.2. The first kappa shape index (κ1) is 16.4. The summed E-state index contributed by atoms with van der Waals surface area (Å²) in [5.41, 5.74) is 8.62. The average molecular weight is 317 g/mol. The van der Waals surface area contributed by atoms with Gasteiger partial charge in [0.05, 0.1) is 6.42 Å². The second kappa shape index (κ2) is 7.32. The number of carbonyl (C=O) groups is 1. The van der Waals surface area contributed by atoms with Gasteiger partial charge in [0.1, 0.15) is 0 Å². The molecule has 0 radical (unpaired) electrons. The molecule has 1 amide bonds. The highest BCUT2D eigenvalue weighted by atomic mass is 35.5. The number of rotatable bonds is 5. The Labute approximate surface area is 137 Å². The Bertz CT molecular complexity index is 609. The van der Waals surface area contributed by atoms with Gasteiger partial charge in [-0.1, -0.05) is 42.5 Å². The number of hydrogen-bond donors (Lipinski definition) is 1. The second-order valence-electron chi connectivity index (χ2n) is 5.66. The average Bonchev–Trinajstić information content (AvgIpc) is 3.33. The van der Waals surface area contributed by atoms with Crippen molar-refractivity contribution in [1.82, 2.24) is 4.90 Å². The van der Waals surface area contributed by atoms with E-state index in [1.54, 1.807) is 0 Å². The molecule has 2 aromatic rings. The molecule has 0 saturated heterocycles. The highest BCUT2D eigenvalue weighted by Gasteiger charge is 2.32. The quantitative estimate of drug-likeness (QED) is 0.859. The molecule has 1 fully saturated rings. The van der Waals surface area contributed by atoms with Crippen molar-refractivity contribution in [2.45, 2.75) is 31.8 Å². The number of anilines is 1. The first-order valence-corrected chi connectivity index (χ1v) is 7.40. The Hall–Kier alpha value is -2.00. The van der Waals surface area contributed by atoms with Gasteiger partial charge in [0.25, 0.3) is 0 Å². The molecule has 0 heterocycles. The molecule has 4 heteroatoms. The van der Waals surface area contributed by atoms with Gasteiger partial charge in [-0.05, 0) is 36.1 Å². The van der Waals surface area contributed by atoms with Crippen LogP contribution in [-0.4, -0.2) is 16.8 Å². The van der Waals surface area contributed by atoms with Crippen molar-refractivity contribution in [3.8, 4) is 0 Å². The summed E-state index contributed by atoms with van der Waals surface area (Å²) >= 11 is 0. The van der Waals surface area contributed by atoms with Crippen LogP contribution in [0.1, 0.15) is 24.0 Å². The molecular formula is C18H21ClN2O. The zero-order valence-electron chi connectivity index (χ0n) is 12.4. The SMILES string of the molecule is Cl.Nc1ccc(CC(=O)N(Cc2ccccc2)C2CC2)cc1. The van der Waals surface area contributed by atoms with E-state index in [4.69, 9.17) is 5.73 Å². The summed E-state index contributed by atoms with van der Waals surface area (Å²) < 4.78 is 0. The summed E-state index contributed by atoms with van der Waals surface area (Å²) in [6.45, 7) is 0.708. The molecule has 0 aliphatic heterocycles. The lowest BCUT2D eigenvalue weighted by Crippen LogP contribution is -2.33. The minimum absolute atomic E-state index is 0. The second-order valence-corrected chi connectivity index (χ2v) is 5.66. The third-order valence-electron chi connectivity index (χ3n) is 3.84. The van der Waals surface area contributed by atoms with Crippen molar-refractivity contribution >= 4 is 24.0 Å². The normalized spacial score (nSPS) is 13.3. The molecule has 3 rings (SSSR count). The zero-order valence-corrected chi connectivity index (χ0v) is 13.3. The molecule has 2 aromatic carbocycles. The third-order valence-corrected chi connectivity index (χ3v) is 3.84. The van der Waals surface area contributed by atoms with Crippen LogP contribution in [0, 0.1) is 0 Å². The van der Waals surface area contributed by atoms with Gasteiger partial charge >= 0.3 is 0 Å². The van der Waals surface area contributed by atoms with Gasteiger partial charge in [-0.2, -0.15) is 0 Å². The summed E-state index contributed by atoms with van der Waals surface area (Å²) in [4.78, 5) is 14.6. The topological polar surface area (TPSA) is 46.3 Å². The zero-order chi connectivity index (χ0) is 14.7. The van der Waals surface area contributed by atoms with Crippen LogP contribution in [0.15, 0.2) is 54.6 Å². The molecule has 0 aromatic heterocycles. The number of carbonyl (C=O) groups excluding carboxylic acids is 1. The van der Waals surface area contributed by atoms with Crippen molar-refractivity contribution in [3.05, 3.63) is 65.7 Å². The molecule has 1 aliphatic carbocycles. The lowest BCUT2D eigenvalue weighted by molar-refractivity contribution is -0.131. The van der Waals surface area contributed by atoms with Crippen LogP contribution in [0.4, 0.5) is 5.69 Å². The highest BCUT2D eigenvalue weighted by Crippen LogP contribution is 2.29. The van der Waals surface area contributed by atoms with Gasteiger partial charge < -0.3 is 10.6 Å². The maximum atomic E-state index is 12.6. The Kier molecular flexibility index (Phi) is 5.45.